The molecule has 0 fully saturated rings. The number of hydrogen-bond acceptors (Lipinski definition) is 4. The summed E-state index contributed by atoms with van der Waals surface area (Å²) in [4.78, 5) is 12.6. The summed E-state index contributed by atoms with van der Waals surface area (Å²) in [7, 11) is -3.56. The molecule has 0 spiro atoms. The molecule has 2 aromatic rings. The van der Waals surface area contributed by atoms with Gasteiger partial charge in [0.25, 0.3) is 0 Å². The average Bonchev–Trinajstić information content (AvgIpc) is 3.04. The van der Waals surface area contributed by atoms with Gasteiger partial charge >= 0.3 is 0 Å². The summed E-state index contributed by atoms with van der Waals surface area (Å²) in [5, 5.41) is 1.95. The Hall–Kier alpha value is -1.50. The summed E-state index contributed by atoms with van der Waals surface area (Å²) < 4.78 is 27.3. The number of hydrogen-bond donors (Lipinski definition) is 0. The number of benzene rings is 1. The van der Waals surface area contributed by atoms with Gasteiger partial charge in [0.05, 0.1) is 4.90 Å². The first-order valence-corrected chi connectivity index (χ1v) is 9.90. The summed E-state index contributed by atoms with van der Waals surface area (Å²) in [5.41, 5.74) is 0.516. The molecule has 1 aromatic carbocycles. The second-order valence-corrected chi connectivity index (χ2v) is 8.32. The van der Waals surface area contributed by atoms with Crippen molar-refractivity contribution in [3.05, 3.63) is 52.2 Å². The minimum absolute atomic E-state index is 0.0737. The third-order valence-electron chi connectivity index (χ3n) is 3.57. The Balaban J connectivity index is 2.28. The monoisotopic (exact) mass is 351 g/mol. The Morgan fingerprint density at radius 3 is 2.39 bits per heavy atom. The van der Waals surface area contributed by atoms with Gasteiger partial charge in [-0.1, -0.05) is 31.5 Å². The molecule has 124 valence electrons. The molecule has 0 aliphatic carbocycles. The number of unbranched alkanes of at least 4 members (excludes halogenated alkanes) is 1. The van der Waals surface area contributed by atoms with Gasteiger partial charge in [-0.05, 0) is 36.9 Å². The van der Waals surface area contributed by atoms with Crippen LogP contribution >= 0.6 is 11.3 Å². The largest absolute Gasteiger partial charge is 0.295 e. The second kappa shape index (κ2) is 7.86. The fourth-order valence-corrected chi connectivity index (χ4v) is 4.46. The second-order valence-electron chi connectivity index (χ2n) is 5.35. The van der Waals surface area contributed by atoms with Gasteiger partial charge in [0.1, 0.15) is 0 Å². The van der Waals surface area contributed by atoms with Crippen molar-refractivity contribution >= 4 is 27.1 Å². The van der Waals surface area contributed by atoms with Crippen LogP contribution in [-0.2, 0) is 16.6 Å². The van der Waals surface area contributed by atoms with Crippen LogP contribution in [0.2, 0.25) is 0 Å². The molecule has 0 bridgehead atoms. The molecule has 0 radical (unpaired) electrons. The number of carbonyl (C=O) groups is 1. The molecular weight excluding hydrogens is 330 g/mol. The number of sulfonamides is 1. The molecular formula is C17H21NO3S2. The number of nitrogens with zero attached hydrogens (tertiary/aromatic N) is 1. The van der Waals surface area contributed by atoms with Crippen molar-refractivity contribution in [3.8, 4) is 0 Å². The van der Waals surface area contributed by atoms with Gasteiger partial charge in [-0.25, -0.2) is 8.42 Å². The Bertz CT molecular complexity index is 735. The smallest absolute Gasteiger partial charge is 0.243 e. The molecule has 4 nitrogen and oxygen atoms in total. The predicted octanol–water partition coefficient (Wildman–Crippen LogP) is 3.94. The average molecular weight is 351 g/mol. The number of Topliss-reactive ketones (excluding diaryl/α,β-unsaturated/α-hetero) is 1. The lowest BCUT2D eigenvalue weighted by Gasteiger charge is -2.21. The molecule has 6 heteroatoms. The zero-order valence-corrected chi connectivity index (χ0v) is 15.0. The van der Waals surface area contributed by atoms with E-state index in [1.807, 2.05) is 24.4 Å². The number of carbonyl (C=O) groups excluding carboxylic acids is 1. The van der Waals surface area contributed by atoms with E-state index < -0.39 is 10.0 Å². The van der Waals surface area contributed by atoms with Crippen molar-refractivity contribution in [2.24, 2.45) is 0 Å². The third-order valence-corrected chi connectivity index (χ3v) is 6.29. The fraction of sp³-hybridized carbons (Fsp3) is 0.353. The molecule has 0 aliphatic heterocycles. The third kappa shape index (κ3) is 4.50. The van der Waals surface area contributed by atoms with E-state index in [-0.39, 0.29) is 10.7 Å². The Labute approximate surface area is 141 Å². The lowest BCUT2D eigenvalue weighted by Crippen LogP contribution is -2.31. The zero-order valence-electron chi connectivity index (χ0n) is 13.4. The maximum atomic E-state index is 12.9. The topological polar surface area (TPSA) is 54.5 Å². The van der Waals surface area contributed by atoms with Crippen molar-refractivity contribution in [2.45, 2.75) is 38.1 Å². The van der Waals surface area contributed by atoms with Crippen LogP contribution in [0.25, 0.3) is 0 Å². The van der Waals surface area contributed by atoms with Gasteiger partial charge in [-0.2, -0.15) is 4.31 Å². The highest BCUT2D eigenvalue weighted by molar-refractivity contribution is 7.89. The summed E-state index contributed by atoms with van der Waals surface area (Å²) in [6.45, 7) is 4.38. The van der Waals surface area contributed by atoms with Crippen LogP contribution in [0, 0.1) is 0 Å². The summed E-state index contributed by atoms with van der Waals surface area (Å²) in [6.07, 6.45) is 1.75. The van der Waals surface area contributed by atoms with E-state index in [4.69, 9.17) is 0 Å². The maximum Gasteiger partial charge on any atom is 0.243 e. The van der Waals surface area contributed by atoms with Gasteiger partial charge < -0.3 is 0 Å². The van der Waals surface area contributed by atoms with E-state index in [1.54, 1.807) is 23.5 Å². The lowest BCUT2D eigenvalue weighted by molar-refractivity contribution is 0.101. The van der Waals surface area contributed by atoms with Gasteiger partial charge in [-0.15, -0.1) is 11.3 Å². The van der Waals surface area contributed by atoms with E-state index in [0.717, 1.165) is 17.7 Å². The minimum Gasteiger partial charge on any atom is -0.295 e. The van der Waals surface area contributed by atoms with E-state index in [1.165, 1.54) is 23.4 Å². The van der Waals surface area contributed by atoms with E-state index >= 15 is 0 Å². The molecule has 0 saturated carbocycles. The zero-order chi connectivity index (χ0) is 16.9. The molecule has 0 saturated heterocycles. The van der Waals surface area contributed by atoms with Crippen molar-refractivity contribution in [3.63, 3.8) is 0 Å². The van der Waals surface area contributed by atoms with Gasteiger partial charge in [-0.3, -0.25) is 4.79 Å². The van der Waals surface area contributed by atoms with Gasteiger partial charge in [0, 0.05) is 23.5 Å². The number of ketones is 1. The molecule has 0 unspecified atom stereocenters. The fourth-order valence-electron chi connectivity index (χ4n) is 2.21. The van der Waals surface area contributed by atoms with Crippen molar-refractivity contribution in [1.82, 2.24) is 4.31 Å². The maximum absolute atomic E-state index is 12.9. The highest BCUT2D eigenvalue weighted by Gasteiger charge is 2.24. The molecule has 0 amide bonds. The van der Waals surface area contributed by atoms with Crippen molar-refractivity contribution in [1.29, 1.82) is 0 Å². The molecule has 2 rings (SSSR count). The normalized spacial score (nSPS) is 11.8. The Morgan fingerprint density at radius 1 is 1.17 bits per heavy atom. The number of rotatable bonds is 8. The first-order valence-electron chi connectivity index (χ1n) is 7.58. The molecule has 0 aliphatic rings. The standard InChI is InChI=1S/C17H21NO3S2/c1-3-4-11-18(13-16-6-5-12-22-16)23(20,21)17-9-7-15(8-10-17)14(2)19/h5-10,12H,3-4,11,13H2,1-2H3. The van der Waals surface area contributed by atoms with Crippen LogP contribution in [0.4, 0.5) is 0 Å². The van der Waals surface area contributed by atoms with Crippen molar-refractivity contribution < 1.29 is 13.2 Å². The minimum atomic E-state index is -3.56. The highest BCUT2D eigenvalue weighted by atomic mass is 32.2. The SMILES string of the molecule is CCCCN(Cc1cccs1)S(=O)(=O)c1ccc(C(C)=O)cc1. The van der Waals surface area contributed by atoms with E-state index in [2.05, 4.69) is 0 Å². The van der Waals surface area contributed by atoms with Crippen LogP contribution in [-0.4, -0.2) is 25.1 Å². The number of thiophene rings is 1. The van der Waals surface area contributed by atoms with Crippen LogP contribution in [0.3, 0.4) is 0 Å². The van der Waals surface area contributed by atoms with Gasteiger partial charge in [0.15, 0.2) is 5.78 Å². The predicted molar refractivity (Wildman–Crippen MR) is 93.3 cm³/mol. The van der Waals surface area contributed by atoms with Crippen LogP contribution < -0.4 is 0 Å². The first-order chi connectivity index (χ1) is 10.9. The van der Waals surface area contributed by atoms with E-state index in [9.17, 15) is 13.2 Å². The van der Waals surface area contributed by atoms with Crippen LogP contribution in [0.15, 0.2) is 46.7 Å². The summed E-state index contributed by atoms with van der Waals surface area (Å²) >= 11 is 1.55. The lowest BCUT2D eigenvalue weighted by atomic mass is 10.2. The molecule has 0 N–H and O–H groups in total. The summed E-state index contributed by atoms with van der Waals surface area (Å²) in [5.74, 6) is -0.0737. The molecule has 1 aromatic heterocycles. The molecule has 0 atom stereocenters. The van der Waals surface area contributed by atoms with Gasteiger partial charge in [0.2, 0.25) is 10.0 Å². The van der Waals surface area contributed by atoms with Crippen LogP contribution in [0.5, 0.6) is 0 Å². The summed E-state index contributed by atoms with van der Waals surface area (Å²) in [6, 6.07) is 10.0. The van der Waals surface area contributed by atoms with Crippen LogP contribution in [0.1, 0.15) is 41.9 Å². The van der Waals surface area contributed by atoms with Crippen molar-refractivity contribution in [2.75, 3.05) is 6.54 Å². The highest BCUT2D eigenvalue weighted by Crippen LogP contribution is 2.21. The molecule has 23 heavy (non-hydrogen) atoms. The Kier molecular flexibility index (Phi) is 6.10. The van der Waals surface area contributed by atoms with E-state index in [0.29, 0.717) is 18.7 Å². The Morgan fingerprint density at radius 2 is 1.87 bits per heavy atom. The molecule has 1 heterocycles. The quantitative estimate of drug-likeness (QED) is 0.677. The first kappa shape index (κ1) is 17.8.